The van der Waals surface area contributed by atoms with Crippen LogP contribution in [0, 0.1) is 0 Å². The second-order valence-electron chi connectivity index (χ2n) is 3.84. The van der Waals surface area contributed by atoms with Gasteiger partial charge in [0.2, 0.25) is 0 Å². The summed E-state index contributed by atoms with van der Waals surface area (Å²) in [7, 11) is 2.03. The maximum absolute atomic E-state index is 3.19. The summed E-state index contributed by atoms with van der Waals surface area (Å²) in [6, 6.07) is 0.847. The highest BCUT2D eigenvalue weighted by Gasteiger charge is 2.18. The van der Waals surface area contributed by atoms with Gasteiger partial charge in [0.05, 0.1) is 0 Å². The van der Waals surface area contributed by atoms with Crippen molar-refractivity contribution in [3.8, 4) is 0 Å². The van der Waals surface area contributed by atoms with E-state index in [0.717, 1.165) is 6.04 Å². The normalized spacial score (nSPS) is 25.0. The highest BCUT2D eigenvalue weighted by molar-refractivity contribution is 4.74. The number of nitrogens with zero attached hydrogens (tertiary/aromatic N) is 1. The van der Waals surface area contributed by atoms with E-state index >= 15 is 0 Å². The zero-order valence-electron chi connectivity index (χ0n) is 8.47. The molecule has 12 heavy (non-hydrogen) atoms. The molecule has 0 aromatic heterocycles. The van der Waals surface area contributed by atoms with E-state index in [1.54, 1.807) is 0 Å². The number of hydrogen-bond acceptors (Lipinski definition) is 2. The first kappa shape index (κ1) is 10.0. The summed E-state index contributed by atoms with van der Waals surface area (Å²) in [5.41, 5.74) is 0. The molecule has 0 aromatic carbocycles. The van der Waals surface area contributed by atoms with Crippen molar-refractivity contribution >= 4 is 0 Å². The smallest absolute Gasteiger partial charge is 0.00674 e. The highest BCUT2D eigenvalue weighted by Crippen LogP contribution is 2.16. The van der Waals surface area contributed by atoms with Gasteiger partial charge < -0.3 is 10.2 Å². The van der Waals surface area contributed by atoms with Crippen LogP contribution in [0.4, 0.5) is 0 Å². The maximum Gasteiger partial charge on any atom is 0.00674 e. The summed E-state index contributed by atoms with van der Waals surface area (Å²) < 4.78 is 0. The Morgan fingerprint density at radius 1 is 1.42 bits per heavy atom. The van der Waals surface area contributed by atoms with Crippen molar-refractivity contribution in [2.45, 2.75) is 38.6 Å². The molecule has 1 aliphatic heterocycles. The molecular formula is C10H22N2. The number of likely N-dealkylation sites (tertiary alicyclic amines) is 1. The lowest BCUT2D eigenvalue weighted by Gasteiger charge is -2.20. The van der Waals surface area contributed by atoms with Crippen LogP contribution >= 0.6 is 0 Å². The van der Waals surface area contributed by atoms with Crippen molar-refractivity contribution in [3.05, 3.63) is 0 Å². The van der Waals surface area contributed by atoms with E-state index < -0.39 is 0 Å². The van der Waals surface area contributed by atoms with Crippen LogP contribution in [0.2, 0.25) is 0 Å². The molecule has 72 valence electrons. The van der Waals surface area contributed by atoms with E-state index in [4.69, 9.17) is 0 Å². The Kier molecular flexibility index (Phi) is 4.62. The Balaban J connectivity index is 1.98. The van der Waals surface area contributed by atoms with Gasteiger partial charge in [-0.3, -0.25) is 0 Å². The molecule has 1 unspecified atom stereocenters. The maximum atomic E-state index is 3.19. The van der Waals surface area contributed by atoms with Crippen LogP contribution in [0.1, 0.15) is 32.6 Å². The van der Waals surface area contributed by atoms with Crippen LogP contribution in [-0.2, 0) is 0 Å². The van der Waals surface area contributed by atoms with Gasteiger partial charge in [-0.2, -0.15) is 0 Å². The van der Waals surface area contributed by atoms with Crippen molar-refractivity contribution < 1.29 is 0 Å². The summed E-state index contributed by atoms with van der Waals surface area (Å²) in [6.45, 7) is 6.16. The van der Waals surface area contributed by atoms with E-state index in [1.807, 2.05) is 7.05 Å². The van der Waals surface area contributed by atoms with Crippen LogP contribution in [0.25, 0.3) is 0 Å². The predicted molar refractivity (Wildman–Crippen MR) is 53.4 cm³/mol. The van der Waals surface area contributed by atoms with E-state index in [0.29, 0.717) is 0 Å². The Morgan fingerprint density at radius 3 is 2.83 bits per heavy atom. The fourth-order valence-electron chi connectivity index (χ4n) is 1.94. The van der Waals surface area contributed by atoms with Gasteiger partial charge in [0.15, 0.2) is 0 Å². The molecule has 0 saturated carbocycles. The van der Waals surface area contributed by atoms with Gasteiger partial charge in [-0.25, -0.2) is 0 Å². The van der Waals surface area contributed by atoms with Crippen LogP contribution in [0.15, 0.2) is 0 Å². The lowest BCUT2D eigenvalue weighted by Crippen LogP contribution is -2.28. The van der Waals surface area contributed by atoms with Crippen molar-refractivity contribution in [1.82, 2.24) is 10.2 Å². The summed E-state index contributed by atoms with van der Waals surface area (Å²) in [6.07, 6.45) is 5.49. The van der Waals surface area contributed by atoms with Gasteiger partial charge in [0, 0.05) is 6.04 Å². The molecule has 1 fully saturated rings. The van der Waals surface area contributed by atoms with E-state index in [9.17, 15) is 0 Å². The largest absolute Gasteiger partial charge is 0.320 e. The molecule has 0 spiro atoms. The molecule has 0 radical (unpaired) electrons. The highest BCUT2D eigenvalue weighted by atomic mass is 15.2. The van der Waals surface area contributed by atoms with Crippen molar-refractivity contribution in [3.63, 3.8) is 0 Å². The van der Waals surface area contributed by atoms with Crippen LogP contribution in [0.5, 0.6) is 0 Å². The van der Waals surface area contributed by atoms with Crippen LogP contribution in [0.3, 0.4) is 0 Å². The third-order valence-electron chi connectivity index (χ3n) is 2.81. The summed E-state index contributed by atoms with van der Waals surface area (Å²) in [5.74, 6) is 0. The third-order valence-corrected chi connectivity index (χ3v) is 2.81. The summed E-state index contributed by atoms with van der Waals surface area (Å²) in [5, 5.41) is 3.19. The van der Waals surface area contributed by atoms with Gasteiger partial charge in [-0.1, -0.05) is 0 Å². The molecule has 0 aliphatic carbocycles. The lowest BCUT2D eigenvalue weighted by atomic mass is 10.2. The molecule has 1 N–H and O–H groups in total. The molecular weight excluding hydrogens is 148 g/mol. The minimum atomic E-state index is 0.847. The molecule has 1 saturated heterocycles. The number of unbranched alkanes of at least 4 members (excludes halogenated alkanes) is 1. The molecule has 0 amide bonds. The van der Waals surface area contributed by atoms with Gasteiger partial charge in [-0.05, 0) is 59.3 Å². The van der Waals surface area contributed by atoms with Crippen molar-refractivity contribution in [2.24, 2.45) is 0 Å². The second-order valence-corrected chi connectivity index (χ2v) is 3.84. The summed E-state index contributed by atoms with van der Waals surface area (Å²) in [4.78, 5) is 2.62. The first-order valence-electron chi connectivity index (χ1n) is 5.23. The zero-order valence-corrected chi connectivity index (χ0v) is 8.47. The quantitative estimate of drug-likeness (QED) is 0.629. The van der Waals surface area contributed by atoms with Crippen LogP contribution in [-0.4, -0.2) is 37.6 Å². The zero-order chi connectivity index (χ0) is 8.81. The molecule has 1 heterocycles. The van der Waals surface area contributed by atoms with E-state index in [-0.39, 0.29) is 0 Å². The number of hydrogen-bond donors (Lipinski definition) is 1. The predicted octanol–water partition coefficient (Wildman–Crippen LogP) is 1.47. The molecule has 1 aliphatic rings. The third kappa shape index (κ3) is 3.11. The Labute approximate surface area is 76.3 Å². The van der Waals surface area contributed by atoms with Gasteiger partial charge in [0.1, 0.15) is 0 Å². The average Bonchev–Trinajstić information content (AvgIpc) is 2.46. The lowest BCUT2D eigenvalue weighted by molar-refractivity contribution is 0.263. The Hall–Kier alpha value is -0.0800. The summed E-state index contributed by atoms with van der Waals surface area (Å²) >= 11 is 0. The SMILES string of the molecule is CNCCCCN1CCCC1C. The molecule has 0 bridgehead atoms. The van der Waals surface area contributed by atoms with Crippen LogP contribution < -0.4 is 5.32 Å². The molecule has 2 heteroatoms. The monoisotopic (exact) mass is 170 g/mol. The molecule has 0 aromatic rings. The van der Waals surface area contributed by atoms with Crippen molar-refractivity contribution in [1.29, 1.82) is 0 Å². The van der Waals surface area contributed by atoms with E-state index in [1.165, 1.54) is 45.3 Å². The van der Waals surface area contributed by atoms with Crippen molar-refractivity contribution in [2.75, 3.05) is 26.7 Å². The first-order valence-corrected chi connectivity index (χ1v) is 5.23. The average molecular weight is 170 g/mol. The number of rotatable bonds is 5. The minimum absolute atomic E-state index is 0.847. The molecule has 1 atom stereocenters. The standard InChI is InChI=1S/C10H22N2/c1-10-6-5-9-12(10)8-4-3-7-11-2/h10-11H,3-9H2,1-2H3. The van der Waals surface area contributed by atoms with Gasteiger partial charge in [-0.15, -0.1) is 0 Å². The molecule has 2 nitrogen and oxygen atoms in total. The second kappa shape index (κ2) is 5.55. The fourth-order valence-corrected chi connectivity index (χ4v) is 1.94. The Bertz CT molecular complexity index is 114. The van der Waals surface area contributed by atoms with E-state index in [2.05, 4.69) is 17.1 Å². The molecule has 1 rings (SSSR count). The van der Waals surface area contributed by atoms with Gasteiger partial charge in [0.25, 0.3) is 0 Å². The number of nitrogens with one attached hydrogen (secondary N) is 1. The Morgan fingerprint density at radius 2 is 2.25 bits per heavy atom. The fraction of sp³-hybridized carbons (Fsp3) is 1.00. The first-order chi connectivity index (χ1) is 5.84. The topological polar surface area (TPSA) is 15.3 Å². The minimum Gasteiger partial charge on any atom is -0.320 e. The van der Waals surface area contributed by atoms with Gasteiger partial charge >= 0.3 is 0 Å².